The van der Waals surface area contributed by atoms with E-state index in [9.17, 15) is 0 Å². The van der Waals surface area contributed by atoms with Crippen molar-refractivity contribution < 1.29 is 9.15 Å². The first-order valence-electron chi connectivity index (χ1n) is 6.01. The smallest absolute Gasteiger partial charge is 0.253 e. The molecule has 0 saturated carbocycles. The summed E-state index contributed by atoms with van der Waals surface area (Å²) >= 11 is 3.48. The zero-order valence-electron chi connectivity index (χ0n) is 10.9. The molecule has 5 nitrogen and oxygen atoms in total. The number of hydrogen-bond donors (Lipinski definition) is 1. The summed E-state index contributed by atoms with van der Waals surface area (Å²) in [6.45, 7) is 4.59. The van der Waals surface area contributed by atoms with E-state index in [0.717, 1.165) is 27.8 Å². The summed E-state index contributed by atoms with van der Waals surface area (Å²) in [4.78, 5) is 0. The van der Waals surface area contributed by atoms with Crippen LogP contribution in [0, 0.1) is 13.8 Å². The third kappa shape index (κ3) is 3.54. The van der Waals surface area contributed by atoms with Gasteiger partial charge in [-0.25, -0.2) is 0 Å². The highest BCUT2D eigenvalue weighted by Crippen LogP contribution is 2.29. The summed E-state index contributed by atoms with van der Waals surface area (Å²) in [6.07, 6.45) is 0.762. The van der Waals surface area contributed by atoms with Crippen LogP contribution in [0.3, 0.4) is 0 Å². The predicted octanol–water partition coefficient (Wildman–Crippen LogP) is 2.53. The lowest BCUT2D eigenvalue weighted by Gasteiger charge is -2.13. The highest BCUT2D eigenvalue weighted by atomic mass is 79.9. The van der Waals surface area contributed by atoms with Gasteiger partial charge in [0, 0.05) is 11.4 Å². The molecule has 102 valence electrons. The third-order valence-electron chi connectivity index (χ3n) is 2.64. The van der Waals surface area contributed by atoms with Crippen molar-refractivity contribution in [2.75, 3.05) is 6.54 Å². The van der Waals surface area contributed by atoms with E-state index in [2.05, 4.69) is 26.1 Å². The van der Waals surface area contributed by atoms with Gasteiger partial charge in [-0.05, 0) is 43.1 Å². The number of halogens is 1. The van der Waals surface area contributed by atoms with Crippen LogP contribution in [0.5, 0.6) is 5.75 Å². The minimum atomic E-state index is 0.265. The van der Waals surface area contributed by atoms with E-state index in [1.807, 2.05) is 19.1 Å². The molecule has 2 N–H and O–H groups in total. The van der Waals surface area contributed by atoms with Gasteiger partial charge in [-0.1, -0.05) is 15.9 Å². The van der Waals surface area contributed by atoms with E-state index in [0.29, 0.717) is 18.3 Å². The molecule has 6 heteroatoms. The summed E-state index contributed by atoms with van der Waals surface area (Å²) in [5, 5.41) is 7.68. The maximum atomic E-state index is 5.80. The number of nitrogens with two attached hydrogens (primary N) is 1. The second-order valence-corrected chi connectivity index (χ2v) is 5.17. The van der Waals surface area contributed by atoms with Crippen LogP contribution in [0.15, 0.2) is 21.0 Å². The Morgan fingerprint density at radius 3 is 2.74 bits per heavy atom. The first-order chi connectivity index (χ1) is 9.10. The Balaban J connectivity index is 2.18. The number of rotatable bonds is 5. The van der Waals surface area contributed by atoms with E-state index in [-0.39, 0.29) is 6.61 Å². The average molecular weight is 326 g/mol. The van der Waals surface area contributed by atoms with E-state index < -0.39 is 0 Å². The Bertz CT molecular complexity index is 569. The molecular formula is C13H16BrN3O2. The van der Waals surface area contributed by atoms with Gasteiger partial charge in [0.25, 0.3) is 5.89 Å². The Kier molecular flexibility index (Phi) is 4.55. The molecule has 1 heterocycles. The van der Waals surface area contributed by atoms with Crippen LogP contribution < -0.4 is 10.5 Å². The van der Waals surface area contributed by atoms with Crippen molar-refractivity contribution in [2.24, 2.45) is 5.73 Å². The fourth-order valence-electron chi connectivity index (χ4n) is 1.88. The highest BCUT2D eigenvalue weighted by Gasteiger charge is 2.11. The Labute approximate surface area is 120 Å². The number of nitrogens with zero attached hydrogens (tertiary/aromatic N) is 2. The first kappa shape index (κ1) is 14.0. The molecule has 0 aliphatic carbocycles. The summed E-state index contributed by atoms with van der Waals surface area (Å²) in [6, 6.07) is 4.03. The number of ether oxygens (including phenoxy) is 1. The van der Waals surface area contributed by atoms with Crippen molar-refractivity contribution in [3.63, 3.8) is 0 Å². The van der Waals surface area contributed by atoms with Crippen molar-refractivity contribution in [1.82, 2.24) is 10.2 Å². The quantitative estimate of drug-likeness (QED) is 0.914. The predicted molar refractivity (Wildman–Crippen MR) is 75.0 cm³/mol. The van der Waals surface area contributed by atoms with Crippen molar-refractivity contribution in [1.29, 1.82) is 0 Å². The van der Waals surface area contributed by atoms with E-state index in [4.69, 9.17) is 14.9 Å². The molecule has 0 saturated heterocycles. The molecule has 0 fully saturated rings. The molecule has 0 amide bonds. The lowest BCUT2D eigenvalue weighted by atomic mass is 10.1. The molecular weight excluding hydrogens is 310 g/mol. The summed E-state index contributed by atoms with van der Waals surface area (Å²) in [5.41, 5.74) is 7.75. The largest absolute Gasteiger partial charge is 0.483 e. The lowest BCUT2D eigenvalue weighted by Crippen LogP contribution is -2.07. The molecule has 1 aromatic carbocycles. The van der Waals surface area contributed by atoms with Crippen molar-refractivity contribution >= 4 is 15.9 Å². The van der Waals surface area contributed by atoms with E-state index >= 15 is 0 Å². The molecule has 19 heavy (non-hydrogen) atoms. The summed E-state index contributed by atoms with van der Waals surface area (Å²) < 4.78 is 12.1. The normalized spacial score (nSPS) is 10.7. The molecule has 0 spiro atoms. The van der Waals surface area contributed by atoms with Crippen LogP contribution in [0.25, 0.3) is 0 Å². The first-order valence-corrected chi connectivity index (χ1v) is 6.80. The molecule has 0 aliphatic rings. The summed E-state index contributed by atoms with van der Waals surface area (Å²) in [5.74, 6) is 1.84. The molecule has 0 atom stereocenters. The van der Waals surface area contributed by atoms with Crippen LogP contribution in [-0.4, -0.2) is 16.7 Å². The summed E-state index contributed by atoms with van der Waals surface area (Å²) in [7, 11) is 0. The van der Waals surface area contributed by atoms with Gasteiger partial charge >= 0.3 is 0 Å². The Morgan fingerprint density at radius 2 is 2.11 bits per heavy atom. The van der Waals surface area contributed by atoms with Gasteiger partial charge in [0.1, 0.15) is 5.75 Å². The van der Waals surface area contributed by atoms with Crippen molar-refractivity contribution in [2.45, 2.75) is 26.9 Å². The molecule has 0 aliphatic heterocycles. The van der Waals surface area contributed by atoms with E-state index in [1.165, 1.54) is 0 Å². The standard InChI is InChI=1S/C13H16BrN3O2/c1-8-5-11(14)6-10(3-4-15)13(8)18-7-12-17-16-9(2)19-12/h5-6H,3-4,7,15H2,1-2H3. The van der Waals surface area contributed by atoms with Gasteiger partial charge < -0.3 is 14.9 Å². The maximum absolute atomic E-state index is 5.80. The lowest BCUT2D eigenvalue weighted by molar-refractivity contribution is 0.256. The molecule has 0 radical (unpaired) electrons. The van der Waals surface area contributed by atoms with Crippen LogP contribution >= 0.6 is 15.9 Å². The monoisotopic (exact) mass is 325 g/mol. The number of aromatic nitrogens is 2. The minimum absolute atomic E-state index is 0.265. The van der Waals surface area contributed by atoms with Crippen LogP contribution in [0.1, 0.15) is 22.9 Å². The van der Waals surface area contributed by atoms with Gasteiger partial charge in [-0.3, -0.25) is 0 Å². The molecule has 0 unspecified atom stereocenters. The van der Waals surface area contributed by atoms with Crippen LogP contribution in [0.2, 0.25) is 0 Å². The van der Waals surface area contributed by atoms with Gasteiger partial charge in [0.15, 0.2) is 6.61 Å². The average Bonchev–Trinajstić information content (AvgIpc) is 2.74. The fraction of sp³-hybridized carbons (Fsp3) is 0.385. The SMILES string of the molecule is Cc1nnc(COc2c(C)cc(Br)cc2CCN)o1. The molecule has 1 aromatic heterocycles. The topological polar surface area (TPSA) is 74.2 Å². The molecule has 2 aromatic rings. The highest BCUT2D eigenvalue weighted by molar-refractivity contribution is 9.10. The number of aryl methyl sites for hydroxylation is 2. The van der Waals surface area contributed by atoms with Crippen molar-refractivity contribution in [3.05, 3.63) is 39.5 Å². The fourth-order valence-corrected chi connectivity index (χ4v) is 2.50. The molecule has 2 rings (SSSR count). The van der Waals surface area contributed by atoms with Crippen LogP contribution in [-0.2, 0) is 13.0 Å². The molecule has 0 bridgehead atoms. The van der Waals surface area contributed by atoms with Gasteiger partial charge in [-0.2, -0.15) is 0 Å². The number of hydrogen-bond acceptors (Lipinski definition) is 5. The maximum Gasteiger partial charge on any atom is 0.253 e. The minimum Gasteiger partial charge on any atom is -0.483 e. The van der Waals surface area contributed by atoms with Gasteiger partial charge in [0.2, 0.25) is 5.89 Å². The Hall–Kier alpha value is -1.40. The Morgan fingerprint density at radius 1 is 1.32 bits per heavy atom. The van der Waals surface area contributed by atoms with Crippen molar-refractivity contribution in [3.8, 4) is 5.75 Å². The van der Waals surface area contributed by atoms with Gasteiger partial charge in [-0.15, -0.1) is 10.2 Å². The van der Waals surface area contributed by atoms with E-state index in [1.54, 1.807) is 6.92 Å². The zero-order valence-corrected chi connectivity index (χ0v) is 12.5. The second-order valence-electron chi connectivity index (χ2n) is 4.25. The third-order valence-corrected chi connectivity index (χ3v) is 3.10. The number of benzene rings is 1. The second kappa shape index (κ2) is 6.16. The zero-order chi connectivity index (χ0) is 13.8. The van der Waals surface area contributed by atoms with Gasteiger partial charge in [0.05, 0.1) is 0 Å². The van der Waals surface area contributed by atoms with Crippen LogP contribution in [0.4, 0.5) is 0 Å².